The predicted octanol–water partition coefficient (Wildman–Crippen LogP) is 2.75. The van der Waals surface area contributed by atoms with Crippen LogP contribution in [0.2, 0.25) is 0 Å². The zero-order chi connectivity index (χ0) is 19.7. The molecular formula is C18H22N2O4S2. The lowest BCUT2D eigenvalue weighted by atomic mass is 10.2. The summed E-state index contributed by atoms with van der Waals surface area (Å²) in [6.07, 6.45) is 4.95. The average molecular weight is 395 g/mol. The third kappa shape index (κ3) is 6.72. The highest BCUT2D eigenvalue weighted by Gasteiger charge is 2.26. The number of carboxylic acids is 1. The van der Waals surface area contributed by atoms with Crippen LogP contribution in [0.25, 0.3) is 0 Å². The predicted molar refractivity (Wildman–Crippen MR) is 109 cm³/mol. The highest BCUT2D eigenvalue weighted by Crippen LogP contribution is 2.38. The Morgan fingerprint density at radius 1 is 1.54 bits per heavy atom. The van der Waals surface area contributed by atoms with E-state index in [-0.39, 0.29) is 11.7 Å². The van der Waals surface area contributed by atoms with Gasteiger partial charge in [-0.05, 0) is 56.6 Å². The Bertz CT molecular complexity index is 730. The summed E-state index contributed by atoms with van der Waals surface area (Å²) in [5.74, 6) is -1.17. The summed E-state index contributed by atoms with van der Waals surface area (Å²) in [5.41, 5.74) is 6.72. The van der Waals surface area contributed by atoms with E-state index in [1.54, 1.807) is 44.2 Å². The second-order valence-electron chi connectivity index (χ2n) is 5.50. The molecule has 0 saturated carbocycles. The maximum Gasteiger partial charge on any atom is 0.324 e. The zero-order valence-corrected chi connectivity index (χ0v) is 16.2. The highest BCUT2D eigenvalue weighted by molar-refractivity contribution is 8.00. The Labute approximate surface area is 162 Å². The molecule has 2 atom stereocenters. The SMILES string of the molecule is C=N/C=C\C=C(/C)C(C)(O)Sc1ccccc1C(=S)OC[C@H](N)C(=O)O. The molecule has 8 heteroatoms. The van der Waals surface area contributed by atoms with E-state index >= 15 is 0 Å². The van der Waals surface area contributed by atoms with Crippen molar-refractivity contribution in [2.24, 2.45) is 10.7 Å². The van der Waals surface area contributed by atoms with Gasteiger partial charge in [0.05, 0.1) is 0 Å². The number of aliphatic carboxylic acids is 1. The molecule has 140 valence electrons. The molecule has 0 saturated heterocycles. The van der Waals surface area contributed by atoms with Crippen LogP contribution in [0, 0.1) is 0 Å². The number of hydrogen-bond acceptors (Lipinski definition) is 7. The molecule has 0 amide bonds. The Morgan fingerprint density at radius 3 is 2.81 bits per heavy atom. The monoisotopic (exact) mass is 394 g/mol. The third-order valence-electron chi connectivity index (χ3n) is 3.40. The van der Waals surface area contributed by atoms with Crippen molar-refractivity contribution in [3.8, 4) is 0 Å². The number of aliphatic hydroxyl groups is 1. The summed E-state index contributed by atoms with van der Waals surface area (Å²) in [7, 11) is 0. The maximum absolute atomic E-state index is 10.8. The smallest absolute Gasteiger partial charge is 0.324 e. The number of carbonyl (C=O) groups is 1. The van der Waals surface area contributed by atoms with Gasteiger partial charge in [0.1, 0.15) is 17.6 Å². The van der Waals surface area contributed by atoms with Crippen LogP contribution in [-0.4, -0.2) is 45.5 Å². The second kappa shape index (κ2) is 10.2. The Kier molecular flexibility index (Phi) is 8.67. The molecule has 1 aromatic rings. The number of nitrogens with two attached hydrogens (primary N) is 1. The maximum atomic E-state index is 10.8. The molecule has 1 rings (SSSR count). The molecule has 0 aliphatic carbocycles. The first-order chi connectivity index (χ1) is 12.2. The molecule has 0 heterocycles. The number of aliphatic imine (C=N–C) groups is 1. The number of hydrogen-bond donors (Lipinski definition) is 3. The normalized spacial score (nSPS) is 15.3. The number of thioether (sulfide) groups is 1. The van der Waals surface area contributed by atoms with Crippen LogP contribution >= 0.6 is 24.0 Å². The van der Waals surface area contributed by atoms with Gasteiger partial charge in [0.15, 0.2) is 5.05 Å². The minimum Gasteiger partial charge on any atom is -0.481 e. The van der Waals surface area contributed by atoms with Gasteiger partial charge in [-0.3, -0.25) is 9.79 Å². The van der Waals surface area contributed by atoms with E-state index in [9.17, 15) is 9.90 Å². The lowest BCUT2D eigenvalue weighted by Crippen LogP contribution is -2.35. The van der Waals surface area contributed by atoms with Crippen molar-refractivity contribution < 1.29 is 19.7 Å². The summed E-state index contributed by atoms with van der Waals surface area (Å²) in [5, 5.41) is 19.7. The van der Waals surface area contributed by atoms with Crippen molar-refractivity contribution in [2.75, 3.05) is 6.61 Å². The van der Waals surface area contributed by atoms with E-state index in [0.29, 0.717) is 16.0 Å². The molecule has 1 unspecified atom stereocenters. The zero-order valence-electron chi connectivity index (χ0n) is 14.6. The van der Waals surface area contributed by atoms with Crippen LogP contribution in [0.15, 0.2) is 58.1 Å². The number of thiocarbonyl (C=S) groups is 1. The molecule has 0 bridgehead atoms. The minimum atomic E-state index is -1.20. The number of benzene rings is 1. The molecular weight excluding hydrogens is 372 g/mol. The van der Waals surface area contributed by atoms with Crippen LogP contribution in [0.3, 0.4) is 0 Å². The molecule has 6 nitrogen and oxygen atoms in total. The molecule has 0 aromatic heterocycles. The van der Waals surface area contributed by atoms with Crippen LogP contribution < -0.4 is 5.73 Å². The first-order valence-corrected chi connectivity index (χ1v) is 8.87. The van der Waals surface area contributed by atoms with E-state index in [4.69, 9.17) is 27.8 Å². The highest BCUT2D eigenvalue weighted by atomic mass is 32.2. The second-order valence-corrected chi connectivity index (χ2v) is 7.31. The van der Waals surface area contributed by atoms with Gasteiger partial charge in [-0.25, -0.2) is 0 Å². The fourth-order valence-corrected chi connectivity index (χ4v) is 3.12. The number of allylic oxidation sites excluding steroid dienone is 2. The van der Waals surface area contributed by atoms with Gasteiger partial charge < -0.3 is 20.7 Å². The van der Waals surface area contributed by atoms with Gasteiger partial charge >= 0.3 is 5.97 Å². The molecule has 0 radical (unpaired) electrons. The Morgan fingerprint density at radius 2 is 2.19 bits per heavy atom. The van der Waals surface area contributed by atoms with E-state index in [1.165, 1.54) is 18.0 Å². The molecule has 1 aromatic carbocycles. The number of carboxylic acid groups (broad SMARTS) is 1. The van der Waals surface area contributed by atoms with Crippen molar-refractivity contribution >= 4 is 41.7 Å². The first kappa shape index (κ1) is 22.0. The largest absolute Gasteiger partial charge is 0.481 e. The number of rotatable bonds is 9. The van der Waals surface area contributed by atoms with Crippen molar-refractivity contribution in [3.05, 3.63) is 53.8 Å². The molecule has 0 fully saturated rings. The van der Waals surface area contributed by atoms with Gasteiger partial charge in [0.25, 0.3) is 0 Å². The molecule has 26 heavy (non-hydrogen) atoms. The van der Waals surface area contributed by atoms with Gasteiger partial charge in [0, 0.05) is 16.7 Å². The van der Waals surface area contributed by atoms with E-state index < -0.39 is 16.9 Å². The fraction of sp³-hybridized carbons (Fsp3) is 0.278. The van der Waals surface area contributed by atoms with Crippen molar-refractivity contribution in [1.82, 2.24) is 0 Å². The Hall–Kier alpha value is -2.00. The van der Waals surface area contributed by atoms with Crippen LogP contribution in [0.5, 0.6) is 0 Å². The standard InChI is InChI=1S/C18H22N2O4S2/c1-12(7-6-10-20-3)18(2,23)26-15-9-5-4-8-13(15)17(25)24-11-14(19)16(21)22/h4-10,14,23H,3,11,19H2,1-2H3,(H,21,22)/b10-6-,12-7+/t14-,18?/m0/s1. The van der Waals surface area contributed by atoms with Crippen molar-refractivity contribution in [1.29, 1.82) is 0 Å². The summed E-state index contributed by atoms with van der Waals surface area (Å²) in [4.78, 5) is 13.9. The minimum absolute atomic E-state index is 0.123. The summed E-state index contributed by atoms with van der Waals surface area (Å²) >= 11 is 6.44. The van der Waals surface area contributed by atoms with Gasteiger partial charge in [-0.2, -0.15) is 0 Å². The van der Waals surface area contributed by atoms with E-state index in [0.717, 1.165) is 0 Å². The van der Waals surface area contributed by atoms with E-state index in [2.05, 4.69) is 11.7 Å². The lowest BCUT2D eigenvalue weighted by Gasteiger charge is -2.25. The van der Waals surface area contributed by atoms with Gasteiger partial charge in [0.2, 0.25) is 0 Å². The quantitative estimate of drug-likeness (QED) is 0.194. The van der Waals surface area contributed by atoms with Gasteiger partial charge in [-0.1, -0.05) is 30.0 Å². The van der Waals surface area contributed by atoms with E-state index in [1.807, 2.05) is 6.07 Å². The van der Waals surface area contributed by atoms with Crippen LogP contribution in [0.4, 0.5) is 0 Å². The first-order valence-electron chi connectivity index (χ1n) is 7.64. The van der Waals surface area contributed by atoms with Crippen molar-refractivity contribution in [2.45, 2.75) is 29.7 Å². The summed E-state index contributed by atoms with van der Waals surface area (Å²) in [6.45, 7) is 6.58. The number of nitrogens with zero attached hydrogens (tertiary/aromatic N) is 1. The van der Waals surface area contributed by atoms with Crippen molar-refractivity contribution in [3.63, 3.8) is 0 Å². The molecule has 0 spiro atoms. The lowest BCUT2D eigenvalue weighted by molar-refractivity contribution is -0.139. The average Bonchev–Trinajstić information content (AvgIpc) is 2.59. The summed E-state index contributed by atoms with van der Waals surface area (Å²) < 4.78 is 5.33. The van der Waals surface area contributed by atoms with Crippen LogP contribution in [-0.2, 0) is 9.53 Å². The molecule has 0 aliphatic rings. The topological polar surface area (TPSA) is 105 Å². The third-order valence-corrected chi connectivity index (χ3v) is 5.03. The molecule has 0 aliphatic heterocycles. The van der Waals surface area contributed by atoms with Crippen LogP contribution in [0.1, 0.15) is 19.4 Å². The Balaban J connectivity index is 2.96. The molecule has 4 N–H and O–H groups in total. The summed E-state index contributed by atoms with van der Waals surface area (Å²) in [6, 6.07) is 5.98. The van der Waals surface area contributed by atoms with Gasteiger partial charge in [-0.15, -0.1) is 0 Å². The number of ether oxygens (including phenoxy) is 1. The fourth-order valence-electron chi connectivity index (χ4n) is 1.74.